The number of nitrogens with one attached hydrogen (secondary N) is 1. The summed E-state index contributed by atoms with van der Waals surface area (Å²) >= 11 is 1.23. The van der Waals surface area contributed by atoms with Crippen LogP contribution in [0.25, 0.3) is 22.3 Å². The Bertz CT molecular complexity index is 1280. The Morgan fingerprint density at radius 2 is 1.93 bits per heavy atom. The van der Waals surface area contributed by atoms with Crippen LogP contribution in [0.3, 0.4) is 0 Å². The van der Waals surface area contributed by atoms with Gasteiger partial charge in [-0.25, -0.2) is 14.4 Å². The average Bonchev–Trinajstić information content (AvgIpc) is 3.17. The molecule has 4 rings (SSSR count). The molecular weight excluding hydrogens is 391 g/mol. The Morgan fingerprint density at radius 3 is 2.66 bits per heavy atom. The Balaban J connectivity index is 1.66. The largest absolute Gasteiger partial charge is 0.332 e. The smallest absolute Gasteiger partial charge is 0.262 e. The Morgan fingerprint density at radius 1 is 1.17 bits per heavy atom. The average molecular weight is 408 g/mol. The molecule has 0 radical (unpaired) electrons. The number of fused-ring (bicyclic) bond motifs is 1. The van der Waals surface area contributed by atoms with E-state index in [1.165, 1.54) is 29.7 Å². The van der Waals surface area contributed by atoms with Crippen molar-refractivity contribution < 1.29 is 9.18 Å². The van der Waals surface area contributed by atoms with Gasteiger partial charge in [-0.3, -0.25) is 14.9 Å². The fourth-order valence-corrected chi connectivity index (χ4v) is 3.73. The van der Waals surface area contributed by atoms with Crippen LogP contribution in [0.5, 0.6) is 0 Å². The van der Waals surface area contributed by atoms with Crippen LogP contribution in [0.4, 0.5) is 9.52 Å². The first-order valence-electron chi connectivity index (χ1n) is 9.00. The lowest BCUT2D eigenvalue weighted by molar-refractivity contribution is 0.102. The molecule has 0 aliphatic heterocycles. The van der Waals surface area contributed by atoms with Crippen molar-refractivity contribution in [3.63, 3.8) is 0 Å². The summed E-state index contributed by atoms with van der Waals surface area (Å²) in [6, 6.07) is 9.39. The number of carbonyl (C=O) groups excluding carboxylic acids is 1. The van der Waals surface area contributed by atoms with E-state index in [1.807, 2.05) is 13.8 Å². The van der Waals surface area contributed by atoms with E-state index in [-0.39, 0.29) is 16.8 Å². The number of rotatable bonds is 4. The van der Waals surface area contributed by atoms with Gasteiger partial charge in [0.2, 0.25) is 5.43 Å². The third-order valence-corrected chi connectivity index (χ3v) is 5.27. The van der Waals surface area contributed by atoms with Crippen molar-refractivity contribution in [2.45, 2.75) is 20.4 Å². The number of nitrogens with zero attached hydrogens (tertiary/aromatic N) is 3. The van der Waals surface area contributed by atoms with Gasteiger partial charge < -0.3 is 4.57 Å². The molecule has 1 N–H and O–H groups in total. The van der Waals surface area contributed by atoms with Crippen LogP contribution in [0.2, 0.25) is 0 Å². The SMILES string of the molecule is CCn1cc(C(=O)Nc2nc(-c3ccc(F)cc3)cs2)c(=O)c2ccc(C)nc21. The van der Waals surface area contributed by atoms with E-state index in [2.05, 4.69) is 15.3 Å². The van der Waals surface area contributed by atoms with Gasteiger partial charge in [0.25, 0.3) is 5.91 Å². The predicted molar refractivity (Wildman–Crippen MR) is 112 cm³/mol. The fraction of sp³-hybridized carbons (Fsp3) is 0.143. The van der Waals surface area contributed by atoms with E-state index >= 15 is 0 Å². The molecule has 4 aromatic rings. The molecule has 8 heteroatoms. The topological polar surface area (TPSA) is 76.9 Å². The molecule has 6 nitrogen and oxygen atoms in total. The van der Waals surface area contributed by atoms with Crippen LogP contribution in [0.1, 0.15) is 23.0 Å². The van der Waals surface area contributed by atoms with Crippen LogP contribution < -0.4 is 10.7 Å². The van der Waals surface area contributed by atoms with Gasteiger partial charge in [-0.05, 0) is 50.2 Å². The van der Waals surface area contributed by atoms with Crippen LogP contribution >= 0.6 is 11.3 Å². The fourth-order valence-electron chi connectivity index (χ4n) is 3.01. The Kier molecular flexibility index (Phi) is 4.94. The molecule has 0 bridgehead atoms. The quantitative estimate of drug-likeness (QED) is 0.548. The van der Waals surface area contributed by atoms with E-state index in [9.17, 15) is 14.0 Å². The first-order chi connectivity index (χ1) is 14.0. The first-order valence-corrected chi connectivity index (χ1v) is 9.88. The van der Waals surface area contributed by atoms with Crippen molar-refractivity contribution in [2.75, 3.05) is 5.32 Å². The molecule has 146 valence electrons. The second-order valence-electron chi connectivity index (χ2n) is 6.48. The molecule has 0 saturated heterocycles. The zero-order valence-corrected chi connectivity index (χ0v) is 16.6. The van der Waals surface area contributed by atoms with Gasteiger partial charge in [-0.2, -0.15) is 0 Å². The highest BCUT2D eigenvalue weighted by atomic mass is 32.1. The monoisotopic (exact) mass is 408 g/mol. The minimum Gasteiger partial charge on any atom is -0.332 e. The molecule has 3 heterocycles. The van der Waals surface area contributed by atoms with Crippen LogP contribution in [-0.2, 0) is 6.54 Å². The van der Waals surface area contributed by atoms with Crippen molar-refractivity contribution in [1.82, 2.24) is 14.5 Å². The van der Waals surface area contributed by atoms with Crippen LogP contribution in [-0.4, -0.2) is 20.4 Å². The van der Waals surface area contributed by atoms with Crippen molar-refractivity contribution in [3.05, 3.63) is 75.3 Å². The minimum atomic E-state index is -0.528. The summed E-state index contributed by atoms with van der Waals surface area (Å²) in [5.74, 6) is -0.856. The third kappa shape index (κ3) is 3.66. The van der Waals surface area contributed by atoms with Crippen molar-refractivity contribution >= 4 is 33.4 Å². The Hall–Kier alpha value is -3.39. The number of thiazole rings is 1. The number of anilines is 1. The zero-order valence-electron chi connectivity index (χ0n) is 15.8. The highest BCUT2D eigenvalue weighted by molar-refractivity contribution is 7.14. The van der Waals surface area contributed by atoms with Crippen molar-refractivity contribution in [1.29, 1.82) is 0 Å². The molecule has 1 amide bonds. The van der Waals surface area contributed by atoms with Crippen molar-refractivity contribution in [3.8, 4) is 11.3 Å². The molecule has 0 spiro atoms. The highest BCUT2D eigenvalue weighted by Crippen LogP contribution is 2.25. The molecule has 0 atom stereocenters. The summed E-state index contributed by atoms with van der Waals surface area (Å²) in [7, 11) is 0. The van der Waals surface area contributed by atoms with E-state index in [0.29, 0.717) is 28.4 Å². The van der Waals surface area contributed by atoms with Gasteiger partial charge in [0.05, 0.1) is 11.1 Å². The summed E-state index contributed by atoms with van der Waals surface area (Å²) in [6.45, 7) is 4.34. The number of aryl methyl sites for hydroxylation is 2. The number of hydrogen-bond acceptors (Lipinski definition) is 5. The van der Waals surface area contributed by atoms with Gasteiger partial charge >= 0.3 is 0 Å². The maximum atomic E-state index is 13.1. The van der Waals surface area contributed by atoms with E-state index in [0.717, 1.165) is 11.3 Å². The number of halogens is 1. The maximum Gasteiger partial charge on any atom is 0.262 e. The van der Waals surface area contributed by atoms with Crippen molar-refractivity contribution in [2.24, 2.45) is 0 Å². The van der Waals surface area contributed by atoms with Gasteiger partial charge in [0.1, 0.15) is 17.0 Å². The van der Waals surface area contributed by atoms with E-state index < -0.39 is 5.91 Å². The van der Waals surface area contributed by atoms with E-state index in [1.54, 1.807) is 34.2 Å². The lowest BCUT2D eigenvalue weighted by atomic mass is 10.1. The molecule has 0 unspecified atom stereocenters. The van der Waals surface area contributed by atoms with Crippen LogP contribution in [0, 0.1) is 12.7 Å². The predicted octanol–water partition coefficient (Wildman–Crippen LogP) is 4.24. The molecule has 29 heavy (non-hydrogen) atoms. The first kappa shape index (κ1) is 18.9. The lowest BCUT2D eigenvalue weighted by Gasteiger charge is -2.11. The highest BCUT2D eigenvalue weighted by Gasteiger charge is 2.17. The molecule has 0 aliphatic carbocycles. The van der Waals surface area contributed by atoms with Gasteiger partial charge in [0.15, 0.2) is 5.13 Å². The van der Waals surface area contributed by atoms with Gasteiger partial charge in [-0.1, -0.05) is 0 Å². The normalized spacial score (nSPS) is 11.0. The molecule has 1 aromatic carbocycles. The molecular formula is C21H17FN4O2S. The molecule has 0 fully saturated rings. The molecule has 0 aliphatic rings. The minimum absolute atomic E-state index is 0.0311. The third-order valence-electron chi connectivity index (χ3n) is 4.51. The summed E-state index contributed by atoms with van der Waals surface area (Å²) in [6.07, 6.45) is 1.53. The van der Waals surface area contributed by atoms with Crippen LogP contribution in [0.15, 0.2) is 52.8 Å². The maximum absolute atomic E-state index is 13.1. The van der Waals surface area contributed by atoms with Gasteiger partial charge in [0, 0.05) is 29.4 Å². The lowest BCUT2D eigenvalue weighted by Crippen LogP contribution is -2.24. The summed E-state index contributed by atoms with van der Waals surface area (Å²) in [5.41, 5.74) is 2.38. The second kappa shape index (κ2) is 7.56. The summed E-state index contributed by atoms with van der Waals surface area (Å²) in [4.78, 5) is 34.4. The zero-order chi connectivity index (χ0) is 20.5. The number of carbonyl (C=O) groups is 1. The number of benzene rings is 1. The summed E-state index contributed by atoms with van der Waals surface area (Å²) in [5, 5.41) is 5.21. The molecule has 3 aromatic heterocycles. The van der Waals surface area contributed by atoms with Gasteiger partial charge in [-0.15, -0.1) is 11.3 Å². The number of hydrogen-bond donors (Lipinski definition) is 1. The molecule has 0 saturated carbocycles. The summed E-state index contributed by atoms with van der Waals surface area (Å²) < 4.78 is 14.9. The standard InChI is InChI=1S/C21H17FN4O2S/c1-3-26-10-16(18(27)15-9-4-12(2)23-19(15)26)20(28)25-21-24-17(11-29-21)13-5-7-14(22)8-6-13/h4-11H,3H2,1-2H3,(H,24,25,28). The Labute approximate surface area is 169 Å². The number of aromatic nitrogens is 3. The second-order valence-corrected chi connectivity index (χ2v) is 7.34. The number of pyridine rings is 2. The number of amides is 1. The van der Waals surface area contributed by atoms with E-state index in [4.69, 9.17) is 0 Å².